The van der Waals surface area contributed by atoms with Crippen LogP contribution in [0, 0.1) is 5.82 Å². The van der Waals surface area contributed by atoms with Crippen LogP contribution >= 0.6 is 0 Å². The van der Waals surface area contributed by atoms with Gasteiger partial charge in [0.15, 0.2) is 0 Å². The maximum atomic E-state index is 13.2. The Bertz CT molecular complexity index is 1050. The Balaban J connectivity index is 1.63. The van der Waals surface area contributed by atoms with Gasteiger partial charge in [-0.2, -0.15) is 5.10 Å². The zero-order valence-corrected chi connectivity index (χ0v) is 15.0. The van der Waals surface area contributed by atoms with E-state index in [4.69, 9.17) is 0 Å². The lowest BCUT2D eigenvalue weighted by Gasteiger charge is -2.17. The van der Waals surface area contributed by atoms with Gasteiger partial charge in [0.1, 0.15) is 11.6 Å². The molecule has 5 nitrogen and oxygen atoms in total. The molecule has 3 N–H and O–H groups in total. The number of anilines is 1. The molecule has 0 aliphatic rings. The van der Waals surface area contributed by atoms with Gasteiger partial charge < -0.3 is 10.4 Å². The van der Waals surface area contributed by atoms with E-state index < -0.39 is 0 Å². The van der Waals surface area contributed by atoms with Crippen LogP contribution in [0.4, 0.5) is 10.2 Å². The summed E-state index contributed by atoms with van der Waals surface area (Å²) in [6, 6.07) is 19.5. The van der Waals surface area contributed by atoms with E-state index in [1.165, 1.54) is 12.1 Å². The standard InChI is InChI=1S/C22H19FN4O/c23-18-8-6-16(7-9-18)22-19(13-25-27-22)17-10-11-24-21(12-17)26-20(14-28)15-4-2-1-3-5-15/h1-13,20,28H,14H2,(H,24,26)(H,25,27)/t20-/m0/s1. The van der Waals surface area contributed by atoms with Crippen molar-refractivity contribution in [2.24, 2.45) is 0 Å². The molecule has 0 bridgehead atoms. The Morgan fingerprint density at radius 3 is 2.54 bits per heavy atom. The third-order valence-electron chi connectivity index (χ3n) is 4.55. The predicted molar refractivity (Wildman–Crippen MR) is 107 cm³/mol. The lowest BCUT2D eigenvalue weighted by atomic mass is 10.0. The van der Waals surface area contributed by atoms with Crippen molar-refractivity contribution in [1.29, 1.82) is 0 Å². The number of nitrogens with zero attached hydrogens (tertiary/aromatic N) is 2. The molecule has 0 amide bonds. The molecule has 0 saturated carbocycles. The molecule has 0 aliphatic carbocycles. The first-order valence-electron chi connectivity index (χ1n) is 8.92. The van der Waals surface area contributed by atoms with E-state index in [0.717, 1.165) is 27.9 Å². The molecule has 0 unspecified atom stereocenters. The summed E-state index contributed by atoms with van der Waals surface area (Å²) in [7, 11) is 0. The second kappa shape index (κ2) is 8.02. The molecule has 6 heteroatoms. The largest absolute Gasteiger partial charge is 0.394 e. The summed E-state index contributed by atoms with van der Waals surface area (Å²) in [5, 5.41) is 20.2. The van der Waals surface area contributed by atoms with Gasteiger partial charge in [-0.05, 0) is 47.5 Å². The third-order valence-corrected chi connectivity index (χ3v) is 4.55. The van der Waals surface area contributed by atoms with Gasteiger partial charge in [-0.1, -0.05) is 30.3 Å². The van der Waals surface area contributed by atoms with Gasteiger partial charge in [0.05, 0.1) is 24.5 Å². The van der Waals surface area contributed by atoms with Crippen LogP contribution in [-0.2, 0) is 0 Å². The van der Waals surface area contributed by atoms with Crippen molar-refractivity contribution in [3.8, 4) is 22.4 Å². The first kappa shape index (κ1) is 17.9. The van der Waals surface area contributed by atoms with Crippen molar-refractivity contribution >= 4 is 5.82 Å². The van der Waals surface area contributed by atoms with Crippen molar-refractivity contribution in [3.63, 3.8) is 0 Å². The topological polar surface area (TPSA) is 73.8 Å². The predicted octanol–water partition coefficient (Wildman–Crippen LogP) is 4.42. The Morgan fingerprint density at radius 2 is 1.79 bits per heavy atom. The van der Waals surface area contributed by atoms with Gasteiger partial charge in [-0.25, -0.2) is 9.37 Å². The minimum atomic E-state index is -0.281. The molecule has 0 fully saturated rings. The minimum Gasteiger partial charge on any atom is -0.394 e. The number of halogens is 1. The van der Waals surface area contributed by atoms with E-state index in [1.807, 2.05) is 42.5 Å². The van der Waals surface area contributed by atoms with Crippen LogP contribution in [0.25, 0.3) is 22.4 Å². The lowest BCUT2D eigenvalue weighted by molar-refractivity contribution is 0.276. The smallest absolute Gasteiger partial charge is 0.127 e. The van der Waals surface area contributed by atoms with Crippen LogP contribution in [0.5, 0.6) is 0 Å². The summed E-state index contributed by atoms with van der Waals surface area (Å²) >= 11 is 0. The zero-order chi connectivity index (χ0) is 19.3. The normalized spacial score (nSPS) is 11.9. The molecule has 28 heavy (non-hydrogen) atoms. The van der Waals surface area contributed by atoms with Gasteiger partial charge in [0.2, 0.25) is 0 Å². The van der Waals surface area contributed by atoms with Crippen molar-refractivity contribution < 1.29 is 9.50 Å². The van der Waals surface area contributed by atoms with E-state index in [2.05, 4.69) is 20.5 Å². The fourth-order valence-electron chi connectivity index (χ4n) is 3.12. The molecule has 1 atom stereocenters. The number of nitrogens with one attached hydrogen (secondary N) is 2. The summed E-state index contributed by atoms with van der Waals surface area (Å²) in [4.78, 5) is 4.37. The van der Waals surface area contributed by atoms with Gasteiger partial charge in [0, 0.05) is 17.3 Å². The first-order valence-corrected chi connectivity index (χ1v) is 8.92. The van der Waals surface area contributed by atoms with Crippen molar-refractivity contribution in [1.82, 2.24) is 15.2 Å². The number of rotatable bonds is 6. The van der Waals surface area contributed by atoms with Crippen LogP contribution in [0.15, 0.2) is 79.1 Å². The van der Waals surface area contributed by atoms with Gasteiger partial charge >= 0.3 is 0 Å². The SMILES string of the molecule is OC[C@H](Nc1cc(-c2cn[nH]c2-c2ccc(F)cc2)ccn1)c1ccccc1. The molecule has 2 aromatic carbocycles. The highest BCUT2D eigenvalue weighted by Crippen LogP contribution is 2.31. The molecule has 4 aromatic rings. The maximum absolute atomic E-state index is 13.2. The first-order chi connectivity index (χ1) is 13.7. The van der Waals surface area contributed by atoms with E-state index in [9.17, 15) is 9.50 Å². The van der Waals surface area contributed by atoms with Crippen LogP contribution in [0.1, 0.15) is 11.6 Å². The van der Waals surface area contributed by atoms with Crippen LogP contribution in [-0.4, -0.2) is 26.9 Å². The summed E-state index contributed by atoms with van der Waals surface area (Å²) in [6.45, 7) is -0.0531. The van der Waals surface area contributed by atoms with Crippen LogP contribution in [0.3, 0.4) is 0 Å². The van der Waals surface area contributed by atoms with E-state index in [-0.39, 0.29) is 18.5 Å². The van der Waals surface area contributed by atoms with Crippen molar-refractivity contribution in [2.75, 3.05) is 11.9 Å². The molecule has 2 aromatic heterocycles. The Morgan fingerprint density at radius 1 is 1.00 bits per heavy atom. The molecule has 2 heterocycles. The van der Waals surface area contributed by atoms with E-state index >= 15 is 0 Å². The Labute approximate surface area is 161 Å². The average molecular weight is 374 g/mol. The van der Waals surface area contributed by atoms with Crippen LogP contribution < -0.4 is 5.32 Å². The number of H-pyrrole nitrogens is 1. The number of benzene rings is 2. The van der Waals surface area contributed by atoms with Gasteiger partial charge in [-0.15, -0.1) is 0 Å². The summed E-state index contributed by atoms with van der Waals surface area (Å²) in [5.74, 6) is 0.364. The number of pyridine rings is 1. The number of aromatic amines is 1. The molecule has 0 spiro atoms. The number of aliphatic hydroxyl groups excluding tert-OH is 1. The third kappa shape index (κ3) is 3.77. The second-order valence-electron chi connectivity index (χ2n) is 6.39. The number of hydrogen-bond acceptors (Lipinski definition) is 4. The summed E-state index contributed by atoms with van der Waals surface area (Å²) in [6.07, 6.45) is 3.44. The average Bonchev–Trinajstić information content (AvgIpc) is 3.23. The summed E-state index contributed by atoms with van der Waals surface area (Å²) in [5.41, 5.74) is 4.43. The fourth-order valence-corrected chi connectivity index (χ4v) is 3.12. The van der Waals surface area contributed by atoms with Crippen molar-refractivity contribution in [2.45, 2.75) is 6.04 Å². The van der Waals surface area contributed by atoms with Gasteiger partial charge in [0.25, 0.3) is 0 Å². The van der Waals surface area contributed by atoms with E-state index in [0.29, 0.717) is 5.82 Å². The number of aliphatic hydroxyl groups is 1. The minimum absolute atomic E-state index is 0.0531. The molecular formula is C22H19FN4O. The highest BCUT2D eigenvalue weighted by atomic mass is 19.1. The Hall–Kier alpha value is -3.51. The van der Waals surface area contributed by atoms with Gasteiger partial charge in [-0.3, -0.25) is 5.10 Å². The molecule has 4 rings (SSSR count). The molecule has 0 saturated heterocycles. The highest BCUT2D eigenvalue weighted by Gasteiger charge is 2.13. The molecule has 0 aliphatic heterocycles. The quantitative estimate of drug-likeness (QED) is 0.467. The molecular weight excluding hydrogens is 355 g/mol. The van der Waals surface area contributed by atoms with Crippen molar-refractivity contribution in [3.05, 3.63) is 90.5 Å². The summed E-state index contributed by atoms with van der Waals surface area (Å²) < 4.78 is 13.2. The monoisotopic (exact) mass is 374 g/mol. The lowest BCUT2D eigenvalue weighted by Crippen LogP contribution is -2.15. The molecule has 140 valence electrons. The Kier molecular flexibility index (Phi) is 5.12. The highest BCUT2D eigenvalue weighted by molar-refractivity contribution is 5.81. The second-order valence-corrected chi connectivity index (χ2v) is 6.39. The molecule has 0 radical (unpaired) electrons. The fraction of sp³-hybridized carbons (Fsp3) is 0.0909. The zero-order valence-electron chi connectivity index (χ0n) is 15.0. The number of aromatic nitrogens is 3. The van der Waals surface area contributed by atoms with Crippen LogP contribution in [0.2, 0.25) is 0 Å². The number of hydrogen-bond donors (Lipinski definition) is 3. The maximum Gasteiger partial charge on any atom is 0.127 e. The van der Waals surface area contributed by atoms with E-state index in [1.54, 1.807) is 24.5 Å².